The number of hydrogen-bond donors (Lipinski definition) is 0. The maximum atomic E-state index is 5.61. The van der Waals surface area contributed by atoms with Crippen molar-refractivity contribution in [3.8, 4) is 0 Å². The molecule has 0 saturated carbocycles. The molecule has 0 unspecified atom stereocenters. The van der Waals surface area contributed by atoms with Gasteiger partial charge in [-0.15, -0.1) is 0 Å². The van der Waals surface area contributed by atoms with E-state index in [2.05, 4.69) is 14.3 Å². The van der Waals surface area contributed by atoms with Gasteiger partial charge in [0, 0.05) is 18.3 Å². The van der Waals surface area contributed by atoms with Crippen molar-refractivity contribution >= 4 is 23.1 Å². The number of rotatable bonds is 3. The first kappa shape index (κ1) is 9.55. The Balaban J connectivity index is 1.95. The van der Waals surface area contributed by atoms with Gasteiger partial charge in [-0.3, -0.25) is 4.98 Å². The molecule has 2 rings (SSSR count). The lowest BCUT2D eigenvalue weighted by Gasteiger charge is -1.95. The maximum absolute atomic E-state index is 5.61. The Morgan fingerprint density at radius 3 is 2.86 bits per heavy atom. The molecular formula is C9H8ClN3S. The summed E-state index contributed by atoms with van der Waals surface area (Å²) in [5.41, 5.74) is 1.07. The molecular weight excluding hydrogens is 218 g/mol. The molecule has 5 heteroatoms. The van der Waals surface area contributed by atoms with E-state index in [1.54, 1.807) is 6.20 Å². The predicted molar refractivity (Wildman–Crippen MR) is 56.6 cm³/mol. The quantitative estimate of drug-likeness (QED) is 0.805. The third kappa shape index (κ3) is 2.49. The summed E-state index contributed by atoms with van der Waals surface area (Å²) in [6, 6.07) is 5.89. The summed E-state index contributed by atoms with van der Waals surface area (Å²) in [6.45, 7) is 0. The molecule has 0 aromatic carbocycles. The molecule has 0 bridgehead atoms. The lowest BCUT2D eigenvalue weighted by Crippen LogP contribution is -1.92. The Hall–Kier alpha value is -1.00. The van der Waals surface area contributed by atoms with Crippen LogP contribution < -0.4 is 0 Å². The number of hydrogen-bond acceptors (Lipinski definition) is 4. The van der Waals surface area contributed by atoms with Gasteiger partial charge in [0.15, 0.2) is 0 Å². The highest BCUT2D eigenvalue weighted by molar-refractivity contribution is 7.05. The van der Waals surface area contributed by atoms with Gasteiger partial charge < -0.3 is 0 Å². The average molecular weight is 226 g/mol. The fourth-order valence-electron chi connectivity index (χ4n) is 1.12. The van der Waals surface area contributed by atoms with Crippen molar-refractivity contribution in [1.29, 1.82) is 0 Å². The van der Waals surface area contributed by atoms with Gasteiger partial charge in [-0.2, -0.15) is 4.37 Å². The second-order valence-electron chi connectivity index (χ2n) is 2.78. The zero-order chi connectivity index (χ0) is 9.80. The monoisotopic (exact) mass is 225 g/mol. The number of nitrogens with zero attached hydrogens (tertiary/aromatic N) is 3. The van der Waals surface area contributed by atoms with E-state index in [4.69, 9.17) is 11.6 Å². The predicted octanol–water partition coefficient (Wildman–Crippen LogP) is 2.37. The minimum atomic E-state index is 0.339. The van der Waals surface area contributed by atoms with Crippen LogP contribution in [0.3, 0.4) is 0 Å². The molecule has 2 aromatic heterocycles. The Kier molecular flexibility index (Phi) is 3.06. The van der Waals surface area contributed by atoms with Crippen molar-refractivity contribution in [1.82, 2.24) is 14.3 Å². The van der Waals surface area contributed by atoms with E-state index < -0.39 is 0 Å². The van der Waals surface area contributed by atoms with Gasteiger partial charge in [-0.05, 0) is 41.7 Å². The fourth-order valence-corrected chi connectivity index (χ4v) is 1.91. The summed E-state index contributed by atoms with van der Waals surface area (Å²) < 4.78 is 3.90. The number of halogens is 1. The highest BCUT2D eigenvalue weighted by Crippen LogP contribution is 2.11. The second kappa shape index (κ2) is 4.48. The van der Waals surface area contributed by atoms with E-state index in [9.17, 15) is 0 Å². The summed E-state index contributed by atoms with van der Waals surface area (Å²) in [5.74, 6) is 0. The zero-order valence-electron chi connectivity index (χ0n) is 7.35. The summed E-state index contributed by atoms with van der Waals surface area (Å²) in [4.78, 5) is 8.29. The van der Waals surface area contributed by atoms with E-state index in [0.29, 0.717) is 5.28 Å². The Bertz CT molecular complexity index is 401. The molecule has 0 fully saturated rings. The van der Waals surface area contributed by atoms with E-state index in [0.717, 1.165) is 23.5 Å². The van der Waals surface area contributed by atoms with Gasteiger partial charge in [-0.1, -0.05) is 6.07 Å². The van der Waals surface area contributed by atoms with Gasteiger partial charge >= 0.3 is 0 Å². The Morgan fingerprint density at radius 1 is 1.29 bits per heavy atom. The van der Waals surface area contributed by atoms with Crippen molar-refractivity contribution in [2.75, 3.05) is 0 Å². The number of pyridine rings is 1. The molecule has 0 N–H and O–H groups in total. The summed E-state index contributed by atoms with van der Waals surface area (Å²) in [6.07, 6.45) is 3.52. The molecule has 0 saturated heterocycles. The topological polar surface area (TPSA) is 38.7 Å². The molecule has 3 nitrogen and oxygen atoms in total. The molecule has 2 aromatic rings. The van der Waals surface area contributed by atoms with E-state index in [-0.39, 0.29) is 0 Å². The average Bonchev–Trinajstić information content (AvgIpc) is 2.63. The molecule has 0 aliphatic carbocycles. The van der Waals surface area contributed by atoms with E-state index in [1.165, 1.54) is 11.5 Å². The van der Waals surface area contributed by atoms with Gasteiger partial charge in [0.05, 0.1) is 0 Å². The minimum Gasteiger partial charge on any atom is -0.261 e. The van der Waals surface area contributed by atoms with Gasteiger partial charge in [-0.25, -0.2) is 4.98 Å². The van der Waals surface area contributed by atoms with Crippen molar-refractivity contribution < 1.29 is 0 Å². The lowest BCUT2D eigenvalue weighted by molar-refractivity contribution is 0.902. The fraction of sp³-hybridized carbons (Fsp3) is 0.222. The van der Waals surface area contributed by atoms with Crippen molar-refractivity contribution in [3.63, 3.8) is 0 Å². The largest absolute Gasteiger partial charge is 0.261 e. The third-order valence-corrected chi connectivity index (χ3v) is 2.80. The van der Waals surface area contributed by atoms with E-state index >= 15 is 0 Å². The maximum Gasteiger partial charge on any atom is 0.234 e. The molecule has 0 amide bonds. The number of aromatic nitrogens is 3. The van der Waals surface area contributed by atoms with Gasteiger partial charge in [0.25, 0.3) is 0 Å². The first-order chi connectivity index (χ1) is 6.84. The summed E-state index contributed by atoms with van der Waals surface area (Å²) >= 11 is 6.96. The molecule has 0 aliphatic heterocycles. The van der Waals surface area contributed by atoms with Crippen LogP contribution in [0.15, 0.2) is 24.4 Å². The first-order valence-electron chi connectivity index (χ1n) is 4.22. The van der Waals surface area contributed by atoms with Crippen molar-refractivity contribution in [2.24, 2.45) is 0 Å². The van der Waals surface area contributed by atoms with Crippen LogP contribution in [0.1, 0.15) is 10.7 Å². The molecule has 0 spiro atoms. The smallest absolute Gasteiger partial charge is 0.234 e. The van der Waals surface area contributed by atoms with Crippen LogP contribution in [0.2, 0.25) is 5.28 Å². The van der Waals surface area contributed by atoms with Crippen LogP contribution in [0.5, 0.6) is 0 Å². The lowest BCUT2D eigenvalue weighted by atomic mass is 10.2. The number of aryl methyl sites for hydroxylation is 2. The third-order valence-electron chi connectivity index (χ3n) is 1.76. The molecule has 0 radical (unpaired) electrons. The van der Waals surface area contributed by atoms with Crippen LogP contribution in [-0.2, 0) is 12.8 Å². The molecule has 14 heavy (non-hydrogen) atoms. The molecule has 0 atom stereocenters. The Labute approximate surface area is 91.0 Å². The highest BCUT2D eigenvalue weighted by atomic mass is 35.5. The highest BCUT2D eigenvalue weighted by Gasteiger charge is 2.02. The molecule has 2 heterocycles. The van der Waals surface area contributed by atoms with Crippen LogP contribution in [0.4, 0.5) is 0 Å². The zero-order valence-corrected chi connectivity index (χ0v) is 8.92. The van der Waals surface area contributed by atoms with Crippen molar-refractivity contribution in [2.45, 2.75) is 12.8 Å². The standard InChI is InChI=1S/C9H8ClN3S/c10-9-12-8(14-13-9)5-4-7-3-1-2-6-11-7/h1-3,6H,4-5H2. The van der Waals surface area contributed by atoms with Crippen molar-refractivity contribution in [3.05, 3.63) is 40.4 Å². The van der Waals surface area contributed by atoms with Crippen LogP contribution in [0, 0.1) is 0 Å². The minimum absolute atomic E-state index is 0.339. The van der Waals surface area contributed by atoms with Gasteiger partial charge in [0.2, 0.25) is 5.28 Å². The van der Waals surface area contributed by atoms with Crippen LogP contribution in [0.25, 0.3) is 0 Å². The summed E-state index contributed by atoms with van der Waals surface area (Å²) in [5, 5.41) is 1.30. The van der Waals surface area contributed by atoms with Crippen LogP contribution in [-0.4, -0.2) is 14.3 Å². The SMILES string of the molecule is Clc1nsc(CCc2ccccn2)n1. The Morgan fingerprint density at radius 2 is 2.21 bits per heavy atom. The first-order valence-corrected chi connectivity index (χ1v) is 5.38. The second-order valence-corrected chi connectivity index (χ2v) is 3.95. The summed E-state index contributed by atoms with van der Waals surface area (Å²) in [7, 11) is 0. The van der Waals surface area contributed by atoms with E-state index in [1.807, 2.05) is 18.2 Å². The molecule has 72 valence electrons. The molecule has 0 aliphatic rings. The van der Waals surface area contributed by atoms with Gasteiger partial charge in [0.1, 0.15) is 5.01 Å². The normalized spacial score (nSPS) is 10.4. The van der Waals surface area contributed by atoms with Crippen LogP contribution >= 0.6 is 23.1 Å².